The van der Waals surface area contributed by atoms with Crippen LogP contribution in [0.3, 0.4) is 0 Å². The van der Waals surface area contributed by atoms with Crippen LogP contribution in [0.15, 0.2) is 36.7 Å². The van der Waals surface area contributed by atoms with Crippen LogP contribution in [0, 0.1) is 0 Å². The van der Waals surface area contributed by atoms with E-state index in [9.17, 15) is 0 Å². The number of anilines is 2. The molecular weight excluding hydrogens is 224 g/mol. The summed E-state index contributed by atoms with van der Waals surface area (Å²) in [6, 6.07) is 8.51. The van der Waals surface area contributed by atoms with Gasteiger partial charge in [0.25, 0.3) is 0 Å². The topological polar surface area (TPSA) is 33.1 Å². The number of rotatable bonds is 3. The van der Waals surface area contributed by atoms with Crippen molar-refractivity contribution in [1.29, 1.82) is 0 Å². The Balaban J connectivity index is 1.71. The van der Waals surface area contributed by atoms with Crippen LogP contribution in [0.5, 0.6) is 0 Å². The first-order valence-corrected chi connectivity index (χ1v) is 6.38. The first-order valence-electron chi connectivity index (χ1n) is 6.38. The average molecular weight is 242 g/mol. The summed E-state index contributed by atoms with van der Waals surface area (Å²) in [5.74, 6) is 0. The molecule has 0 spiro atoms. The van der Waals surface area contributed by atoms with E-state index in [1.54, 1.807) is 0 Å². The summed E-state index contributed by atoms with van der Waals surface area (Å²) in [6.45, 7) is 3.13. The van der Waals surface area contributed by atoms with Crippen LogP contribution in [0.25, 0.3) is 0 Å². The minimum atomic E-state index is 1.02. The molecule has 0 aliphatic carbocycles. The standard InChI is InChI=1S/C14H18N4/c1-17-11-12(10-16-17)6-8-18-9-7-15-13-4-2-3-5-14(13)18/h2-5,10-11,15H,6-9H2,1H3. The smallest absolute Gasteiger partial charge is 0.0602 e. The Morgan fingerprint density at radius 2 is 2.22 bits per heavy atom. The molecule has 0 amide bonds. The third-order valence-corrected chi connectivity index (χ3v) is 3.37. The fraction of sp³-hybridized carbons (Fsp3) is 0.357. The number of fused-ring (bicyclic) bond motifs is 1. The van der Waals surface area contributed by atoms with E-state index in [0.717, 1.165) is 26.1 Å². The van der Waals surface area contributed by atoms with Crippen LogP contribution in [0.1, 0.15) is 5.56 Å². The normalized spacial score (nSPS) is 14.2. The Morgan fingerprint density at radius 3 is 3.06 bits per heavy atom. The van der Waals surface area contributed by atoms with Crippen molar-refractivity contribution in [1.82, 2.24) is 9.78 Å². The van der Waals surface area contributed by atoms with E-state index >= 15 is 0 Å². The molecular formula is C14H18N4. The SMILES string of the molecule is Cn1cc(CCN2CCNc3ccccc32)cn1. The lowest BCUT2D eigenvalue weighted by atomic mass is 10.1. The van der Waals surface area contributed by atoms with Crippen molar-refractivity contribution in [3.63, 3.8) is 0 Å². The highest BCUT2D eigenvalue weighted by Crippen LogP contribution is 2.28. The molecule has 0 saturated heterocycles. The largest absolute Gasteiger partial charge is 0.382 e. The first kappa shape index (κ1) is 11.1. The van der Waals surface area contributed by atoms with Gasteiger partial charge in [0.15, 0.2) is 0 Å². The van der Waals surface area contributed by atoms with Gasteiger partial charge in [-0.15, -0.1) is 0 Å². The van der Waals surface area contributed by atoms with E-state index in [-0.39, 0.29) is 0 Å². The lowest BCUT2D eigenvalue weighted by Gasteiger charge is -2.31. The van der Waals surface area contributed by atoms with E-state index in [0.29, 0.717) is 0 Å². The van der Waals surface area contributed by atoms with Crippen molar-refractivity contribution in [2.24, 2.45) is 7.05 Å². The highest BCUT2D eigenvalue weighted by molar-refractivity contribution is 5.71. The summed E-state index contributed by atoms with van der Waals surface area (Å²) in [5, 5.41) is 7.65. The van der Waals surface area contributed by atoms with Crippen LogP contribution in [-0.2, 0) is 13.5 Å². The third kappa shape index (κ3) is 2.18. The van der Waals surface area contributed by atoms with E-state index in [1.165, 1.54) is 16.9 Å². The van der Waals surface area contributed by atoms with E-state index in [4.69, 9.17) is 0 Å². The van der Waals surface area contributed by atoms with Crippen molar-refractivity contribution < 1.29 is 0 Å². The molecule has 4 nitrogen and oxygen atoms in total. The molecule has 1 aliphatic rings. The minimum Gasteiger partial charge on any atom is -0.382 e. The first-order chi connectivity index (χ1) is 8.83. The predicted molar refractivity (Wildman–Crippen MR) is 74.1 cm³/mol. The fourth-order valence-corrected chi connectivity index (χ4v) is 2.44. The molecule has 18 heavy (non-hydrogen) atoms. The van der Waals surface area contributed by atoms with Crippen LogP contribution in [0.4, 0.5) is 11.4 Å². The maximum atomic E-state index is 4.21. The molecule has 0 unspecified atom stereocenters. The Labute approximate surface area is 107 Å². The number of hydrogen-bond donors (Lipinski definition) is 1. The quantitative estimate of drug-likeness (QED) is 0.892. The molecule has 1 aromatic carbocycles. The molecule has 0 radical (unpaired) electrons. The Morgan fingerprint density at radius 1 is 1.33 bits per heavy atom. The van der Waals surface area contributed by atoms with E-state index in [2.05, 4.69) is 45.8 Å². The molecule has 0 fully saturated rings. The molecule has 2 heterocycles. The minimum absolute atomic E-state index is 1.02. The van der Waals surface area contributed by atoms with Gasteiger partial charge in [-0.25, -0.2) is 0 Å². The lowest BCUT2D eigenvalue weighted by Crippen LogP contribution is -2.35. The van der Waals surface area contributed by atoms with Gasteiger partial charge < -0.3 is 10.2 Å². The zero-order valence-corrected chi connectivity index (χ0v) is 10.6. The van der Waals surface area contributed by atoms with E-state index < -0.39 is 0 Å². The number of nitrogens with one attached hydrogen (secondary N) is 1. The van der Waals surface area contributed by atoms with Crippen molar-refractivity contribution >= 4 is 11.4 Å². The van der Waals surface area contributed by atoms with Gasteiger partial charge in [-0.1, -0.05) is 12.1 Å². The second kappa shape index (κ2) is 4.72. The highest BCUT2D eigenvalue weighted by Gasteiger charge is 2.15. The maximum Gasteiger partial charge on any atom is 0.0602 e. The molecule has 1 N–H and O–H groups in total. The predicted octanol–water partition coefficient (Wildman–Crippen LogP) is 1.89. The van der Waals surface area contributed by atoms with Gasteiger partial charge in [0.05, 0.1) is 17.6 Å². The Hall–Kier alpha value is -1.97. The highest BCUT2D eigenvalue weighted by atomic mass is 15.2. The van der Waals surface area contributed by atoms with Crippen molar-refractivity contribution in [2.75, 3.05) is 29.9 Å². The Bertz CT molecular complexity index is 532. The van der Waals surface area contributed by atoms with Gasteiger partial charge in [-0.3, -0.25) is 4.68 Å². The number of aromatic nitrogens is 2. The number of aryl methyl sites for hydroxylation is 1. The number of nitrogens with zero attached hydrogens (tertiary/aromatic N) is 3. The molecule has 0 bridgehead atoms. The summed E-state index contributed by atoms with van der Waals surface area (Å²) in [7, 11) is 1.96. The molecule has 94 valence electrons. The fourth-order valence-electron chi connectivity index (χ4n) is 2.44. The summed E-state index contributed by atoms with van der Waals surface area (Å²) < 4.78 is 1.86. The molecule has 0 saturated carbocycles. The van der Waals surface area contributed by atoms with Gasteiger partial charge in [-0.2, -0.15) is 5.10 Å². The summed E-state index contributed by atoms with van der Waals surface area (Å²) in [5.41, 5.74) is 3.86. The lowest BCUT2D eigenvalue weighted by molar-refractivity contribution is 0.761. The maximum absolute atomic E-state index is 4.21. The number of hydrogen-bond acceptors (Lipinski definition) is 3. The molecule has 3 rings (SSSR count). The zero-order valence-electron chi connectivity index (χ0n) is 10.6. The monoisotopic (exact) mass is 242 g/mol. The summed E-state index contributed by atoms with van der Waals surface area (Å²) in [4.78, 5) is 2.44. The van der Waals surface area contributed by atoms with Gasteiger partial charge in [0.1, 0.15) is 0 Å². The van der Waals surface area contributed by atoms with Crippen LogP contribution < -0.4 is 10.2 Å². The number of para-hydroxylation sites is 2. The second-order valence-corrected chi connectivity index (χ2v) is 4.70. The van der Waals surface area contributed by atoms with Crippen LogP contribution in [-0.4, -0.2) is 29.4 Å². The van der Waals surface area contributed by atoms with Crippen molar-refractivity contribution in [2.45, 2.75) is 6.42 Å². The van der Waals surface area contributed by atoms with Gasteiger partial charge in [0, 0.05) is 32.9 Å². The van der Waals surface area contributed by atoms with Crippen LogP contribution in [0.2, 0.25) is 0 Å². The molecule has 4 heteroatoms. The molecule has 0 atom stereocenters. The molecule has 1 aliphatic heterocycles. The number of benzene rings is 1. The van der Waals surface area contributed by atoms with Crippen LogP contribution >= 0.6 is 0 Å². The third-order valence-electron chi connectivity index (χ3n) is 3.37. The van der Waals surface area contributed by atoms with Gasteiger partial charge in [-0.05, 0) is 24.1 Å². The average Bonchev–Trinajstić information content (AvgIpc) is 2.82. The van der Waals surface area contributed by atoms with Gasteiger partial charge in [0.2, 0.25) is 0 Å². The molecule has 1 aromatic heterocycles. The van der Waals surface area contributed by atoms with E-state index in [1.807, 2.05) is 17.9 Å². The summed E-state index contributed by atoms with van der Waals surface area (Å²) in [6.07, 6.45) is 5.09. The van der Waals surface area contributed by atoms with Gasteiger partial charge >= 0.3 is 0 Å². The Kier molecular flexibility index (Phi) is 2.92. The zero-order chi connectivity index (χ0) is 12.4. The van der Waals surface area contributed by atoms with Crippen molar-refractivity contribution in [3.05, 3.63) is 42.2 Å². The summed E-state index contributed by atoms with van der Waals surface area (Å²) >= 11 is 0. The molecule has 2 aromatic rings. The second-order valence-electron chi connectivity index (χ2n) is 4.70. The van der Waals surface area contributed by atoms with Crippen molar-refractivity contribution in [3.8, 4) is 0 Å².